The molecule has 0 aromatic heterocycles. The first-order valence-electron chi connectivity index (χ1n) is 11.4. The molecule has 180 valence electrons. The Morgan fingerprint density at radius 3 is 2.18 bits per heavy atom. The molecule has 8 nitrogen and oxygen atoms in total. The average Bonchev–Trinajstić information content (AvgIpc) is 2.86. The van der Waals surface area contributed by atoms with Crippen LogP contribution in [0, 0.1) is 0 Å². The summed E-state index contributed by atoms with van der Waals surface area (Å²) in [6.07, 6.45) is 4.02. The Bertz CT molecular complexity index is 959. The molecule has 2 unspecified atom stereocenters. The van der Waals surface area contributed by atoms with Crippen molar-refractivity contribution in [1.82, 2.24) is 15.5 Å². The van der Waals surface area contributed by atoms with E-state index in [0.717, 1.165) is 17.2 Å². The molecule has 0 spiro atoms. The van der Waals surface area contributed by atoms with Crippen LogP contribution in [0.2, 0.25) is 0 Å². The monoisotopic (exact) mass is 465 g/mol. The Balaban J connectivity index is 1.71. The summed E-state index contributed by atoms with van der Waals surface area (Å²) in [6.45, 7) is 1.86. The quantitative estimate of drug-likeness (QED) is 0.467. The van der Waals surface area contributed by atoms with Gasteiger partial charge in [0.15, 0.2) is 0 Å². The fraction of sp³-hybridized carbons (Fsp3) is 0.346. The van der Waals surface area contributed by atoms with Gasteiger partial charge in [-0.1, -0.05) is 66.7 Å². The van der Waals surface area contributed by atoms with E-state index in [4.69, 9.17) is 9.84 Å². The van der Waals surface area contributed by atoms with Crippen molar-refractivity contribution in [3.05, 3.63) is 83.9 Å². The van der Waals surface area contributed by atoms with Gasteiger partial charge in [0.1, 0.15) is 6.04 Å². The Hall–Kier alpha value is -3.65. The second-order valence-electron chi connectivity index (χ2n) is 8.13. The molecule has 1 saturated heterocycles. The molecule has 2 aromatic rings. The first-order chi connectivity index (χ1) is 16.5. The van der Waals surface area contributed by atoms with Crippen molar-refractivity contribution in [1.29, 1.82) is 0 Å². The number of aryl methyl sites for hydroxylation is 1. The summed E-state index contributed by atoms with van der Waals surface area (Å²) < 4.78 is 5.30. The summed E-state index contributed by atoms with van der Waals surface area (Å²) in [4.78, 5) is 38.8. The van der Waals surface area contributed by atoms with Gasteiger partial charge in [0.05, 0.1) is 13.2 Å². The molecular weight excluding hydrogens is 434 g/mol. The molecule has 1 fully saturated rings. The van der Waals surface area contributed by atoms with Gasteiger partial charge in [0, 0.05) is 31.6 Å². The molecule has 1 aliphatic heterocycles. The molecule has 3 N–H and O–H groups in total. The molecule has 0 radical (unpaired) electrons. The molecule has 0 saturated carbocycles. The highest BCUT2D eigenvalue weighted by Gasteiger charge is 2.26. The highest BCUT2D eigenvalue weighted by molar-refractivity contribution is 5.88. The number of carbonyl (C=O) groups is 3. The first kappa shape index (κ1) is 25.0. The Morgan fingerprint density at radius 2 is 1.56 bits per heavy atom. The lowest BCUT2D eigenvalue weighted by atomic mass is 10.0. The van der Waals surface area contributed by atoms with Crippen LogP contribution in [0.5, 0.6) is 0 Å². The van der Waals surface area contributed by atoms with Gasteiger partial charge < -0.3 is 25.4 Å². The summed E-state index contributed by atoms with van der Waals surface area (Å²) >= 11 is 0. The van der Waals surface area contributed by atoms with E-state index in [-0.39, 0.29) is 11.9 Å². The van der Waals surface area contributed by atoms with E-state index in [9.17, 15) is 14.4 Å². The maximum atomic E-state index is 13.3. The Morgan fingerprint density at radius 1 is 0.941 bits per heavy atom. The van der Waals surface area contributed by atoms with Gasteiger partial charge in [-0.15, -0.1) is 0 Å². The number of ether oxygens (including phenoxy) is 1. The molecule has 0 bridgehead atoms. The van der Waals surface area contributed by atoms with E-state index in [0.29, 0.717) is 45.6 Å². The molecule has 8 heteroatoms. The van der Waals surface area contributed by atoms with E-state index in [2.05, 4.69) is 10.6 Å². The third-order valence-electron chi connectivity index (χ3n) is 5.58. The predicted octanol–water partition coefficient (Wildman–Crippen LogP) is 2.40. The van der Waals surface area contributed by atoms with Crippen molar-refractivity contribution >= 4 is 17.9 Å². The zero-order chi connectivity index (χ0) is 24.2. The lowest BCUT2D eigenvalue weighted by Crippen LogP contribution is -2.55. The number of carbonyl (C=O) groups excluding carboxylic acids is 2. The van der Waals surface area contributed by atoms with Gasteiger partial charge in [-0.2, -0.15) is 0 Å². The second-order valence-corrected chi connectivity index (χ2v) is 8.13. The van der Waals surface area contributed by atoms with Crippen molar-refractivity contribution in [2.24, 2.45) is 0 Å². The fourth-order valence-electron chi connectivity index (χ4n) is 3.73. The van der Waals surface area contributed by atoms with Crippen LogP contribution >= 0.6 is 0 Å². The van der Waals surface area contributed by atoms with Crippen LogP contribution in [0.25, 0.3) is 0 Å². The lowest BCUT2D eigenvalue weighted by molar-refractivity contribution is -0.131. The van der Waals surface area contributed by atoms with Crippen LogP contribution in [0.4, 0.5) is 4.79 Å². The number of urea groups is 1. The lowest BCUT2D eigenvalue weighted by Gasteiger charge is -2.29. The van der Waals surface area contributed by atoms with Crippen LogP contribution in [0.15, 0.2) is 72.8 Å². The van der Waals surface area contributed by atoms with E-state index in [1.54, 1.807) is 4.90 Å². The van der Waals surface area contributed by atoms with Crippen LogP contribution in [0.3, 0.4) is 0 Å². The third kappa shape index (κ3) is 8.37. The number of hydrogen-bond donors (Lipinski definition) is 3. The first-order valence-corrected chi connectivity index (χ1v) is 11.4. The number of aliphatic carboxylic acids is 1. The van der Waals surface area contributed by atoms with E-state index in [1.807, 2.05) is 60.7 Å². The SMILES string of the molecule is O=C(O)/C=C/C(CCc1ccccc1)NC(=O)C(Cc1ccccc1)NC(=O)N1CCOCC1. The minimum Gasteiger partial charge on any atom is -0.478 e. The van der Waals surface area contributed by atoms with Crippen LogP contribution in [-0.4, -0.2) is 66.3 Å². The predicted molar refractivity (Wildman–Crippen MR) is 128 cm³/mol. The number of carboxylic acid groups (broad SMARTS) is 1. The minimum atomic E-state index is -1.08. The molecule has 1 aliphatic rings. The van der Waals surface area contributed by atoms with Gasteiger partial charge in [-0.05, 0) is 24.0 Å². The third-order valence-corrected chi connectivity index (χ3v) is 5.58. The zero-order valence-electron chi connectivity index (χ0n) is 19.1. The second kappa shape index (κ2) is 13.2. The highest BCUT2D eigenvalue weighted by Crippen LogP contribution is 2.09. The van der Waals surface area contributed by atoms with Gasteiger partial charge >= 0.3 is 12.0 Å². The summed E-state index contributed by atoms with van der Waals surface area (Å²) in [5.41, 5.74) is 2.00. The molecule has 1 heterocycles. The van der Waals surface area contributed by atoms with Crippen molar-refractivity contribution in [3.8, 4) is 0 Å². The molecular formula is C26H31N3O5. The van der Waals surface area contributed by atoms with Crippen LogP contribution in [0.1, 0.15) is 17.5 Å². The van der Waals surface area contributed by atoms with Crippen LogP contribution in [-0.2, 0) is 27.2 Å². The van der Waals surface area contributed by atoms with E-state index in [1.165, 1.54) is 6.08 Å². The van der Waals surface area contributed by atoms with Crippen molar-refractivity contribution in [2.75, 3.05) is 26.3 Å². The van der Waals surface area contributed by atoms with Crippen LogP contribution < -0.4 is 10.6 Å². The van der Waals surface area contributed by atoms with Gasteiger partial charge in [-0.3, -0.25) is 4.79 Å². The van der Waals surface area contributed by atoms with E-state index < -0.39 is 18.1 Å². The molecule has 0 aliphatic carbocycles. The zero-order valence-corrected chi connectivity index (χ0v) is 19.1. The summed E-state index contributed by atoms with van der Waals surface area (Å²) in [5, 5.41) is 14.9. The highest BCUT2D eigenvalue weighted by atomic mass is 16.5. The molecule has 2 aromatic carbocycles. The topological polar surface area (TPSA) is 108 Å². The number of nitrogens with one attached hydrogen (secondary N) is 2. The van der Waals surface area contributed by atoms with Crippen molar-refractivity contribution in [3.63, 3.8) is 0 Å². The maximum Gasteiger partial charge on any atom is 0.328 e. The maximum absolute atomic E-state index is 13.3. The largest absolute Gasteiger partial charge is 0.478 e. The fourth-order valence-corrected chi connectivity index (χ4v) is 3.73. The van der Waals surface area contributed by atoms with Gasteiger partial charge in [0.25, 0.3) is 0 Å². The van der Waals surface area contributed by atoms with Crippen molar-refractivity contribution in [2.45, 2.75) is 31.3 Å². The average molecular weight is 466 g/mol. The molecule has 34 heavy (non-hydrogen) atoms. The number of amides is 3. The number of hydrogen-bond acceptors (Lipinski definition) is 4. The minimum absolute atomic E-state index is 0.316. The van der Waals surface area contributed by atoms with E-state index >= 15 is 0 Å². The van der Waals surface area contributed by atoms with Gasteiger partial charge in [-0.25, -0.2) is 9.59 Å². The molecule has 3 rings (SSSR count). The Labute approximate surface area is 199 Å². The number of rotatable bonds is 10. The van der Waals surface area contributed by atoms with Gasteiger partial charge in [0.2, 0.25) is 5.91 Å². The number of carboxylic acids is 1. The summed E-state index contributed by atoms with van der Waals surface area (Å²) in [5.74, 6) is -1.45. The number of nitrogens with zero attached hydrogens (tertiary/aromatic N) is 1. The Kier molecular flexibility index (Phi) is 9.66. The smallest absolute Gasteiger partial charge is 0.328 e. The normalized spacial score (nSPS) is 15.5. The molecule has 2 atom stereocenters. The summed E-state index contributed by atoms with van der Waals surface area (Å²) in [7, 11) is 0. The van der Waals surface area contributed by atoms with Crippen molar-refractivity contribution < 1.29 is 24.2 Å². The molecule has 3 amide bonds. The standard InChI is InChI=1S/C26H31N3O5/c30-24(31)14-13-22(12-11-20-7-3-1-4-8-20)27-25(32)23(19-21-9-5-2-6-10-21)28-26(33)29-15-17-34-18-16-29/h1-10,13-14,22-23H,11-12,15-19H2,(H,27,32)(H,28,33)(H,30,31)/b14-13+. The summed E-state index contributed by atoms with van der Waals surface area (Å²) in [6, 6.07) is 17.6. The number of morpholine rings is 1. The number of benzene rings is 2.